The fraction of sp³-hybridized carbons (Fsp3) is 0.462. The molecule has 2 aliphatic heterocycles. The second-order valence-electron chi connectivity index (χ2n) is 4.57. The Bertz CT molecular complexity index is 595. The lowest BCUT2D eigenvalue weighted by atomic mass is 10.00. The smallest absolute Gasteiger partial charge is 0.199 e. The van der Waals surface area contributed by atoms with Crippen molar-refractivity contribution in [1.82, 2.24) is 9.97 Å². The van der Waals surface area contributed by atoms with E-state index in [0.29, 0.717) is 13.2 Å². The molecule has 94 valence electrons. The summed E-state index contributed by atoms with van der Waals surface area (Å²) >= 11 is 0. The first-order valence-corrected chi connectivity index (χ1v) is 6.23. The normalized spacial score (nSPS) is 29.7. The van der Waals surface area contributed by atoms with Gasteiger partial charge in [-0.15, -0.1) is 0 Å². The molecule has 1 saturated heterocycles. The predicted molar refractivity (Wildman–Crippen MR) is 64.0 cm³/mol. The molecular formula is C13H14N2O3. The number of aromatic amines is 1. The Labute approximate surface area is 104 Å². The molecule has 5 heteroatoms. The number of nitrogens with zero attached hydrogens (tertiary/aromatic N) is 1. The van der Waals surface area contributed by atoms with Crippen molar-refractivity contribution in [1.29, 1.82) is 0 Å². The molecule has 2 aromatic heterocycles. The SMILES string of the molecule is CCO[C@H]1c2c([nH]c3ncccc23)[C@@H]2OC[C@H]1O2. The summed E-state index contributed by atoms with van der Waals surface area (Å²) in [6.07, 6.45) is 1.40. The van der Waals surface area contributed by atoms with Crippen molar-refractivity contribution >= 4 is 11.0 Å². The van der Waals surface area contributed by atoms with Crippen molar-refractivity contribution in [2.75, 3.05) is 13.2 Å². The zero-order valence-corrected chi connectivity index (χ0v) is 10.1. The van der Waals surface area contributed by atoms with Gasteiger partial charge in [-0.25, -0.2) is 4.98 Å². The van der Waals surface area contributed by atoms with E-state index < -0.39 is 0 Å². The van der Waals surface area contributed by atoms with Crippen molar-refractivity contribution in [3.05, 3.63) is 29.6 Å². The quantitative estimate of drug-likeness (QED) is 0.881. The highest BCUT2D eigenvalue weighted by Crippen LogP contribution is 2.46. The second kappa shape index (κ2) is 3.78. The van der Waals surface area contributed by atoms with Gasteiger partial charge >= 0.3 is 0 Å². The van der Waals surface area contributed by atoms with E-state index in [1.165, 1.54) is 0 Å². The first-order valence-electron chi connectivity index (χ1n) is 6.23. The lowest BCUT2D eigenvalue weighted by Crippen LogP contribution is -2.27. The lowest BCUT2D eigenvalue weighted by molar-refractivity contribution is -0.115. The van der Waals surface area contributed by atoms with Crippen LogP contribution in [0.1, 0.15) is 30.6 Å². The van der Waals surface area contributed by atoms with Gasteiger partial charge < -0.3 is 19.2 Å². The Hall–Kier alpha value is -1.43. The van der Waals surface area contributed by atoms with Crippen LogP contribution in [0.5, 0.6) is 0 Å². The van der Waals surface area contributed by atoms with E-state index in [0.717, 1.165) is 22.3 Å². The maximum atomic E-state index is 5.85. The molecule has 0 aliphatic carbocycles. The Morgan fingerprint density at radius 3 is 3.39 bits per heavy atom. The first-order chi connectivity index (χ1) is 8.88. The van der Waals surface area contributed by atoms with Gasteiger partial charge in [0.2, 0.25) is 0 Å². The summed E-state index contributed by atoms with van der Waals surface area (Å²) in [6.45, 7) is 3.23. The highest BCUT2D eigenvalue weighted by atomic mass is 16.7. The molecule has 3 atom stereocenters. The van der Waals surface area contributed by atoms with Crippen molar-refractivity contribution < 1.29 is 14.2 Å². The number of aromatic nitrogens is 2. The summed E-state index contributed by atoms with van der Waals surface area (Å²) in [5, 5.41) is 1.11. The monoisotopic (exact) mass is 246 g/mol. The van der Waals surface area contributed by atoms with Gasteiger partial charge in [0, 0.05) is 23.8 Å². The van der Waals surface area contributed by atoms with Crippen LogP contribution in [0.2, 0.25) is 0 Å². The van der Waals surface area contributed by atoms with Crippen LogP contribution in [0.25, 0.3) is 11.0 Å². The fourth-order valence-corrected chi connectivity index (χ4v) is 2.84. The number of fused-ring (bicyclic) bond motifs is 6. The fourth-order valence-electron chi connectivity index (χ4n) is 2.84. The van der Waals surface area contributed by atoms with E-state index in [9.17, 15) is 0 Å². The molecule has 0 spiro atoms. The maximum absolute atomic E-state index is 5.85. The number of nitrogens with one attached hydrogen (secondary N) is 1. The molecule has 2 aromatic rings. The van der Waals surface area contributed by atoms with Crippen LogP contribution in [-0.2, 0) is 14.2 Å². The van der Waals surface area contributed by atoms with Crippen molar-refractivity contribution in [2.24, 2.45) is 0 Å². The summed E-state index contributed by atoms with van der Waals surface area (Å²) in [6, 6.07) is 4.01. The summed E-state index contributed by atoms with van der Waals surface area (Å²) in [7, 11) is 0. The Balaban J connectivity index is 1.96. The van der Waals surface area contributed by atoms with Crippen LogP contribution in [0.3, 0.4) is 0 Å². The minimum absolute atomic E-state index is 0.0124. The third kappa shape index (κ3) is 1.29. The van der Waals surface area contributed by atoms with Crippen LogP contribution in [0, 0.1) is 0 Å². The van der Waals surface area contributed by atoms with Gasteiger partial charge in [-0.1, -0.05) is 0 Å². The van der Waals surface area contributed by atoms with Gasteiger partial charge in [0.15, 0.2) is 6.29 Å². The number of pyridine rings is 1. The van der Waals surface area contributed by atoms with E-state index >= 15 is 0 Å². The summed E-state index contributed by atoms with van der Waals surface area (Å²) in [4.78, 5) is 7.63. The maximum Gasteiger partial charge on any atom is 0.199 e. The number of rotatable bonds is 2. The van der Waals surface area contributed by atoms with Crippen LogP contribution < -0.4 is 0 Å². The largest absolute Gasteiger partial charge is 0.371 e. The number of ether oxygens (including phenoxy) is 3. The first kappa shape index (κ1) is 10.5. The zero-order chi connectivity index (χ0) is 12.1. The Morgan fingerprint density at radius 1 is 1.56 bits per heavy atom. The lowest BCUT2D eigenvalue weighted by Gasteiger charge is -2.27. The topological polar surface area (TPSA) is 56.4 Å². The standard InChI is InChI=1S/C13H14N2O3/c1-2-16-11-8-6-17-13(18-8)10-9(11)7-4-3-5-14-12(7)15-10/h3-5,8,11,13H,2,6H2,1H3,(H,14,15)/t8-,11-,13-/m1/s1. The van der Waals surface area contributed by atoms with E-state index in [1.54, 1.807) is 6.20 Å². The highest BCUT2D eigenvalue weighted by molar-refractivity contribution is 5.82. The van der Waals surface area contributed by atoms with Gasteiger partial charge in [0.05, 0.1) is 12.3 Å². The molecule has 0 amide bonds. The molecule has 18 heavy (non-hydrogen) atoms. The van der Waals surface area contributed by atoms with Gasteiger partial charge in [-0.2, -0.15) is 0 Å². The molecule has 0 saturated carbocycles. The zero-order valence-electron chi connectivity index (χ0n) is 10.1. The number of H-pyrrole nitrogens is 1. The van der Waals surface area contributed by atoms with Crippen molar-refractivity contribution in [2.45, 2.75) is 25.4 Å². The molecule has 2 aliphatic rings. The van der Waals surface area contributed by atoms with Gasteiger partial charge in [-0.05, 0) is 19.1 Å². The predicted octanol–water partition coefficient (Wildman–Crippen LogP) is 2.07. The summed E-state index contributed by atoms with van der Waals surface area (Å²) in [5.41, 5.74) is 2.97. The highest BCUT2D eigenvalue weighted by Gasteiger charge is 2.44. The average molecular weight is 246 g/mol. The van der Waals surface area contributed by atoms with Crippen molar-refractivity contribution in [3.63, 3.8) is 0 Å². The molecule has 4 heterocycles. The van der Waals surface area contributed by atoms with Gasteiger partial charge in [0.25, 0.3) is 0 Å². The number of hydrogen-bond acceptors (Lipinski definition) is 4. The minimum atomic E-state index is -0.295. The molecule has 0 radical (unpaired) electrons. The third-order valence-electron chi connectivity index (χ3n) is 3.56. The van der Waals surface area contributed by atoms with Crippen molar-refractivity contribution in [3.8, 4) is 0 Å². The molecule has 1 N–H and O–H groups in total. The summed E-state index contributed by atoms with van der Waals surface area (Å²) in [5.74, 6) is 0. The van der Waals surface area contributed by atoms with E-state index in [1.807, 2.05) is 13.0 Å². The Morgan fingerprint density at radius 2 is 2.50 bits per heavy atom. The van der Waals surface area contributed by atoms with Crippen LogP contribution >= 0.6 is 0 Å². The van der Waals surface area contributed by atoms with E-state index in [-0.39, 0.29) is 18.5 Å². The second-order valence-corrected chi connectivity index (χ2v) is 4.57. The van der Waals surface area contributed by atoms with Crippen LogP contribution in [-0.4, -0.2) is 29.3 Å². The third-order valence-corrected chi connectivity index (χ3v) is 3.56. The molecule has 0 unspecified atom stereocenters. The average Bonchev–Trinajstić information content (AvgIpc) is 2.98. The van der Waals surface area contributed by atoms with Crippen LogP contribution in [0.4, 0.5) is 0 Å². The molecular weight excluding hydrogens is 232 g/mol. The molecule has 5 nitrogen and oxygen atoms in total. The minimum Gasteiger partial charge on any atom is -0.371 e. The molecule has 2 bridgehead atoms. The Kier molecular flexibility index (Phi) is 2.20. The number of hydrogen-bond donors (Lipinski definition) is 1. The van der Waals surface area contributed by atoms with Gasteiger partial charge in [-0.3, -0.25) is 0 Å². The van der Waals surface area contributed by atoms with Gasteiger partial charge in [0.1, 0.15) is 17.9 Å². The van der Waals surface area contributed by atoms with Crippen LogP contribution in [0.15, 0.2) is 18.3 Å². The summed E-state index contributed by atoms with van der Waals surface area (Å²) < 4.78 is 17.3. The van der Waals surface area contributed by atoms with E-state index in [2.05, 4.69) is 16.0 Å². The molecule has 1 fully saturated rings. The molecule has 0 aromatic carbocycles. The van der Waals surface area contributed by atoms with E-state index in [4.69, 9.17) is 14.2 Å². The molecule has 4 rings (SSSR count).